The molecule has 2 heterocycles. The van der Waals surface area contributed by atoms with E-state index >= 15 is 0 Å². The van der Waals surface area contributed by atoms with Gasteiger partial charge in [0.25, 0.3) is 0 Å². The maximum atomic E-state index is 12.4. The van der Waals surface area contributed by atoms with Crippen molar-refractivity contribution in [1.82, 2.24) is 20.1 Å². The Morgan fingerprint density at radius 1 is 1.43 bits per heavy atom. The summed E-state index contributed by atoms with van der Waals surface area (Å²) >= 11 is 1.60. The van der Waals surface area contributed by atoms with E-state index in [-0.39, 0.29) is 5.91 Å². The zero-order chi connectivity index (χ0) is 14.8. The quantitative estimate of drug-likeness (QED) is 0.901. The van der Waals surface area contributed by atoms with Gasteiger partial charge in [-0.2, -0.15) is 5.10 Å². The third-order valence-electron chi connectivity index (χ3n) is 3.68. The summed E-state index contributed by atoms with van der Waals surface area (Å²) in [7, 11) is 3.60. The van der Waals surface area contributed by atoms with Crippen molar-refractivity contribution in [2.75, 3.05) is 12.4 Å². The number of carbonyl (C=O) groups excluding carboxylic acids is 1. The van der Waals surface area contributed by atoms with Crippen molar-refractivity contribution in [2.45, 2.75) is 31.7 Å². The number of anilines is 1. The molecule has 0 saturated heterocycles. The number of carbonyl (C=O) groups is 1. The molecular formula is C14H19N5OS. The van der Waals surface area contributed by atoms with Gasteiger partial charge in [-0.05, 0) is 32.7 Å². The van der Waals surface area contributed by atoms with Crippen LogP contribution in [-0.4, -0.2) is 27.7 Å². The number of amides is 1. The fraction of sp³-hybridized carbons (Fsp3) is 0.500. The van der Waals surface area contributed by atoms with Crippen LogP contribution in [0.4, 0.5) is 5.13 Å². The van der Waals surface area contributed by atoms with E-state index in [0.717, 1.165) is 24.1 Å². The van der Waals surface area contributed by atoms with Crippen LogP contribution in [0.15, 0.2) is 12.4 Å². The van der Waals surface area contributed by atoms with Gasteiger partial charge in [0.2, 0.25) is 5.91 Å². The van der Waals surface area contributed by atoms with Gasteiger partial charge < -0.3 is 10.6 Å². The van der Waals surface area contributed by atoms with Crippen LogP contribution in [0, 0.1) is 0 Å². The van der Waals surface area contributed by atoms with E-state index in [2.05, 4.69) is 20.7 Å². The summed E-state index contributed by atoms with van der Waals surface area (Å²) in [5, 5.41) is 10.8. The number of likely N-dealkylation sites (N-methyl/N-ethyl adjacent to an activating group) is 1. The topological polar surface area (TPSA) is 71.8 Å². The Morgan fingerprint density at radius 2 is 2.24 bits per heavy atom. The van der Waals surface area contributed by atoms with E-state index in [1.54, 1.807) is 29.3 Å². The van der Waals surface area contributed by atoms with Gasteiger partial charge in [-0.15, -0.1) is 11.3 Å². The number of fused-ring (bicyclic) bond motifs is 1. The average Bonchev–Trinajstić information content (AvgIpc) is 3.05. The largest absolute Gasteiger partial charge is 0.305 e. The highest BCUT2D eigenvalue weighted by Gasteiger charge is 2.22. The molecule has 3 rings (SSSR count). The van der Waals surface area contributed by atoms with Gasteiger partial charge in [-0.3, -0.25) is 9.48 Å². The van der Waals surface area contributed by atoms with Crippen LogP contribution >= 0.6 is 11.3 Å². The predicted molar refractivity (Wildman–Crippen MR) is 82.4 cm³/mol. The molecule has 21 heavy (non-hydrogen) atoms. The molecule has 0 spiro atoms. The van der Waals surface area contributed by atoms with Crippen LogP contribution < -0.4 is 10.6 Å². The third-order valence-corrected chi connectivity index (χ3v) is 4.76. The highest BCUT2D eigenvalue weighted by molar-refractivity contribution is 7.15. The molecule has 1 amide bonds. The molecule has 6 nitrogen and oxygen atoms in total. The van der Waals surface area contributed by atoms with Gasteiger partial charge in [-0.25, -0.2) is 4.98 Å². The molecule has 0 bridgehead atoms. The fourth-order valence-electron chi connectivity index (χ4n) is 2.62. The summed E-state index contributed by atoms with van der Waals surface area (Å²) in [4.78, 5) is 18.3. The maximum absolute atomic E-state index is 12.4. The molecule has 1 atom stereocenters. The van der Waals surface area contributed by atoms with Gasteiger partial charge in [0, 0.05) is 23.7 Å². The summed E-state index contributed by atoms with van der Waals surface area (Å²) in [6.07, 6.45) is 8.07. The molecule has 112 valence electrons. The van der Waals surface area contributed by atoms with Crippen molar-refractivity contribution in [2.24, 2.45) is 7.05 Å². The monoisotopic (exact) mass is 305 g/mol. The summed E-state index contributed by atoms with van der Waals surface area (Å²) in [6, 6.07) is -0.417. The lowest BCUT2D eigenvalue weighted by Crippen LogP contribution is -2.30. The maximum Gasteiger partial charge on any atom is 0.247 e. The van der Waals surface area contributed by atoms with Gasteiger partial charge in [0.05, 0.1) is 11.9 Å². The van der Waals surface area contributed by atoms with Crippen LogP contribution in [0.5, 0.6) is 0 Å². The van der Waals surface area contributed by atoms with Gasteiger partial charge in [0.1, 0.15) is 6.04 Å². The van der Waals surface area contributed by atoms with Gasteiger partial charge >= 0.3 is 0 Å². The first-order valence-corrected chi connectivity index (χ1v) is 7.94. The first-order valence-electron chi connectivity index (χ1n) is 7.12. The van der Waals surface area contributed by atoms with Crippen LogP contribution in [-0.2, 0) is 24.7 Å². The van der Waals surface area contributed by atoms with E-state index in [1.807, 2.05) is 13.2 Å². The minimum absolute atomic E-state index is 0.100. The van der Waals surface area contributed by atoms with Crippen LogP contribution in [0.1, 0.15) is 35.0 Å². The van der Waals surface area contributed by atoms with Crippen LogP contribution in [0.3, 0.4) is 0 Å². The first-order chi connectivity index (χ1) is 10.2. The van der Waals surface area contributed by atoms with Crippen molar-refractivity contribution in [3.63, 3.8) is 0 Å². The van der Waals surface area contributed by atoms with E-state index in [4.69, 9.17) is 0 Å². The standard InChI is InChI=1S/C14H19N5OS/c1-15-12(9-7-16-19(2)8-9)13(20)18-14-17-10-5-3-4-6-11(10)21-14/h7-8,12,15H,3-6H2,1-2H3,(H,17,18,20). The lowest BCUT2D eigenvalue weighted by Gasteiger charge is -2.12. The lowest BCUT2D eigenvalue weighted by molar-refractivity contribution is -0.118. The highest BCUT2D eigenvalue weighted by atomic mass is 32.1. The lowest BCUT2D eigenvalue weighted by atomic mass is 10.0. The third kappa shape index (κ3) is 2.98. The Morgan fingerprint density at radius 3 is 2.90 bits per heavy atom. The van der Waals surface area contributed by atoms with Gasteiger partial charge in [-0.1, -0.05) is 0 Å². The zero-order valence-corrected chi connectivity index (χ0v) is 13.0. The molecule has 0 aliphatic heterocycles. The van der Waals surface area contributed by atoms with E-state index in [1.165, 1.54) is 17.7 Å². The minimum atomic E-state index is -0.417. The Hall–Kier alpha value is -1.73. The average molecular weight is 305 g/mol. The number of nitrogens with one attached hydrogen (secondary N) is 2. The molecule has 2 aromatic rings. The van der Waals surface area contributed by atoms with E-state index in [0.29, 0.717) is 5.13 Å². The Kier molecular flexibility index (Phi) is 4.03. The Bertz CT molecular complexity index is 624. The Labute approximate surface area is 127 Å². The van der Waals surface area contributed by atoms with E-state index < -0.39 is 6.04 Å². The number of hydrogen-bond acceptors (Lipinski definition) is 5. The van der Waals surface area contributed by atoms with Crippen LogP contribution in [0.2, 0.25) is 0 Å². The molecular weight excluding hydrogens is 286 g/mol. The Balaban J connectivity index is 1.74. The smallest absolute Gasteiger partial charge is 0.247 e. The molecule has 0 saturated carbocycles. The molecule has 0 aromatic carbocycles. The summed E-state index contributed by atoms with van der Waals surface area (Å²) in [5.41, 5.74) is 2.00. The van der Waals surface area contributed by atoms with Crippen molar-refractivity contribution in [1.29, 1.82) is 0 Å². The second-order valence-electron chi connectivity index (χ2n) is 5.25. The number of rotatable bonds is 4. The molecule has 0 fully saturated rings. The highest BCUT2D eigenvalue weighted by Crippen LogP contribution is 2.30. The van der Waals surface area contributed by atoms with Crippen molar-refractivity contribution >= 4 is 22.4 Å². The van der Waals surface area contributed by atoms with Crippen molar-refractivity contribution < 1.29 is 4.79 Å². The molecule has 1 aliphatic rings. The normalized spacial score (nSPS) is 15.5. The van der Waals surface area contributed by atoms with Crippen LogP contribution in [0.25, 0.3) is 0 Å². The molecule has 1 aliphatic carbocycles. The number of thiazole rings is 1. The predicted octanol–water partition coefficient (Wildman–Crippen LogP) is 1.65. The second kappa shape index (κ2) is 5.95. The molecule has 1 unspecified atom stereocenters. The molecule has 0 radical (unpaired) electrons. The van der Waals surface area contributed by atoms with Crippen molar-refractivity contribution in [3.8, 4) is 0 Å². The summed E-state index contributed by atoms with van der Waals surface area (Å²) in [5.74, 6) is -0.100. The number of nitrogens with zero attached hydrogens (tertiary/aromatic N) is 3. The zero-order valence-electron chi connectivity index (χ0n) is 12.2. The number of aryl methyl sites for hydroxylation is 3. The molecule has 7 heteroatoms. The SMILES string of the molecule is CNC(C(=O)Nc1nc2c(s1)CCCC2)c1cnn(C)c1. The first kappa shape index (κ1) is 14.2. The van der Waals surface area contributed by atoms with Gasteiger partial charge in [0.15, 0.2) is 5.13 Å². The fourth-order valence-corrected chi connectivity index (χ4v) is 3.67. The number of hydrogen-bond donors (Lipinski definition) is 2. The number of aromatic nitrogens is 3. The summed E-state index contributed by atoms with van der Waals surface area (Å²) in [6.45, 7) is 0. The van der Waals surface area contributed by atoms with Crippen molar-refractivity contribution in [3.05, 3.63) is 28.5 Å². The van der Waals surface area contributed by atoms with E-state index in [9.17, 15) is 4.79 Å². The second-order valence-corrected chi connectivity index (χ2v) is 6.34. The molecule has 2 N–H and O–H groups in total. The molecule has 2 aromatic heterocycles. The summed E-state index contributed by atoms with van der Waals surface area (Å²) < 4.78 is 1.69. The minimum Gasteiger partial charge on any atom is -0.305 e.